The molecule has 0 fully saturated rings. The summed E-state index contributed by atoms with van der Waals surface area (Å²) in [6.07, 6.45) is 7.16. The molecule has 0 saturated carbocycles. The first-order valence-corrected chi connectivity index (χ1v) is 8.45. The van der Waals surface area contributed by atoms with Crippen LogP contribution >= 0.6 is 0 Å². The Kier molecular flexibility index (Phi) is 4.35. The third-order valence-electron chi connectivity index (χ3n) is 4.46. The number of ether oxygens (including phenoxy) is 1. The fraction of sp³-hybridized carbons (Fsp3) is 0.143. The van der Waals surface area contributed by atoms with E-state index in [9.17, 15) is 9.18 Å². The predicted octanol–water partition coefficient (Wildman–Crippen LogP) is 3.50. The number of rotatable bonds is 4. The number of benzene rings is 2. The second kappa shape index (κ2) is 6.96. The molecular weight excluding hydrogens is 345 g/mol. The number of aromatic nitrogens is 2. The van der Waals surface area contributed by atoms with Crippen LogP contribution in [0.15, 0.2) is 54.9 Å². The van der Waals surface area contributed by atoms with Crippen molar-refractivity contribution in [2.45, 2.75) is 12.3 Å². The van der Waals surface area contributed by atoms with Crippen LogP contribution in [0.25, 0.3) is 5.69 Å². The number of halogens is 1. The minimum atomic E-state index is -0.321. The molecule has 1 aromatic heterocycles. The van der Waals surface area contributed by atoms with Crippen LogP contribution in [0.2, 0.25) is 0 Å². The quantitative estimate of drug-likeness (QED) is 0.724. The number of carbonyl (C=O) groups is 1. The Morgan fingerprint density at radius 2 is 2.11 bits per heavy atom. The van der Waals surface area contributed by atoms with Gasteiger partial charge < -0.3 is 10.1 Å². The largest absolute Gasteiger partial charge is 0.481 e. The number of imidazole rings is 1. The van der Waals surface area contributed by atoms with Crippen molar-refractivity contribution >= 4 is 11.7 Å². The molecule has 134 valence electrons. The van der Waals surface area contributed by atoms with Gasteiger partial charge in [-0.05, 0) is 42.0 Å². The lowest BCUT2D eigenvalue weighted by Crippen LogP contribution is -2.24. The van der Waals surface area contributed by atoms with Crippen molar-refractivity contribution in [3.8, 4) is 23.8 Å². The van der Waals surface area contributed by atoms with E-state index >= 15 is 0 Å². The van der Waals surface area contributed by atoms with Crippen LogP contribution in [-0.4, -0.2) is 22.1 Å². The average Bonchev–Trinajstić information content (AvgIpc) is 3.10. The third kappa shape index (κ3) is 3.27. The van der Waals surface area contributed by atoms with E-state index in [0.29, 0.717) is 11.6 Å². The van der Waals surface area contributed by atoms with Crippen LogP contribution in [0.5, 0.6) is 5.75 Å². The van der Waals surface area contributed by atoms with Gasteiger partial charge in [0.25, 0.3) is 0 Å². The summed E-state index contributed by atoms with van der Waals surface area (Å²) in [6.45, 7) is 0.180. The normalized spacial score (nSPS) is 15.6. The molecule has 0 bridgehead atoms. The molecule has 1 aliphatic heterocycles. The van der Waals surface area contributed by atoms with Crippen LogP contribution in [0.4, 0.5) is 10.2 Å². The maximum atomic E-state index is 13.2. The molecule has 2 aromatic carbocycles. The Morgan fingerprint density at radius 3 is 2.89 bits per heavy atom. The van der Waals surface area contributed by atoms with Gasteiger partial charge in [-0.3, -0.25) is 9.36 Å². The third-order valence-corrected chi connectivity index (χ3v) is 4.46. The zero-order valence-corrected chi connectivity index (χ0v) is 14.4. The molecule has 6 heteroatoms. The molecule has 2 heterocycles. The van der Waals surface area contributed by atoms with Crippen LogP contribution < -0.4 is 10.1 Å². The molecule has 3 aromatic rings. The molecule has 0 aliphatic carbocycles. The number of hydrogen-bond donors (Lipinski definition) is 1. The number of amides is 1. The molecule has 0 saturated heterocycles. The van der Waals surface area contributed by atoms with Gasteiger partial charge in [0.15, 0.2) is 0 Å². The van der Waals surface area contributed by atoms with E-state index in [0.717, 1.165) is 16.9 Å². The second-order valence-corrected chi connectivity index (χ2v) is 6.20. The number of carbonyl (C=O) groups excluding carboxylic acids is 1. The number of terminal acetylenes is 1. The predicted molar refractivity (Wildman–Crippen MR) is 99.4 cm³/mol. The van der Waals surface area contributed by atoms with Crippen molar-refractivity contribution in [3.63, 3.8) is 0 Å². The van der Waals surface area contributed by atoms with Crippen molar-refractivity contribution in [3.05, 3.63) is 71.9 Å². The topological polar surface area (TPSA) is 56.1 Å². The first-order chi connectivity index (χ1) is 13.2. The molecule has 0 radical (unpaired) electrons. The summed E-state index contributed by atoms with van der Waals surface area (Å²) in [6, 6.07) is 13.5. The molecule has 4 rings (SSSR count). The molecule has 1 aliphatic rings. The van der Waals surface area contributed by atoms with Gasteiger partial charge >= 0.3 is 0 Å². The van der Waals surface area contributed by atoms with E-state index in [1.54, 1.807) is 23.0 Å². The first-order valence-electron chi connectivity index (χ1n) is 8.45. The number of nitrogens with zero attached hydrogens (tertiary/aromatic N) is 2. The van der Waals surface area contributed by atoms with E-state index in [1.807, 2.05) is 24.3 Å². The van der Waals surface area contributed by atoms with Crippen LogP contribution in [-0.2, 0) is 4.79 Å². The van der Waals surface area contributed by atoms with E-state index in [-0.39, 0.29) is 30.7 Å². The zero-order valence-electron chi connectivity index (χ0n) is 14.4. The van der Waals surface area contributed by atoms with Gasteiger partial charge in [-0.25, -0.2) is 9.37 Å². The van der Waals surface area contributed by atoms with E-state index in [1.165, 1.54) is 12.1 Å². The average molecular weight is 361 g/mol. The summed E-state index contributed by atoms with van der Waals surface area (Å²) in [4.78, 5) is 16.9. The SMILES string of the molecule is C#CCOc1cccc([C@H]2CC(=O)Nc3c2ncn3-c2ccc(F)cc2)c1. The number of fused-ring (bicyclic) bond motifs is 1. The lowest BCUT2D eigenvalue weighted by Gasteiger charge is -2.23. The smallest absolute Gasteiger partial charge is 0.226 e. The second-order valence-electron chi connectivity index (χ2n) is 6.20. The van der Waals surface area contributed by atoms with Crippen LogP contribution in [0, 0.1) is 18.2 Å². The molecule has 27 heavy (non-hydrogen) atoms. The highest BCUT2D eigenvalue weighted by Crippen LogP contribution is 2.38. The Hall–Kier alpha value is -3.59. The van der Waals surface area contributed by atoms with E-state index in [4.69, 9.17) is 11.2 Å². The number of anilines is 1. The molecular formula is C21H16FN3O2. The van der Waals surface area contributed by atoms with Crippen LogP contribution in [0.3, 0.4) is 0 Å². The van der Waals surface area contributed by atoms with Gasteiger partial charge in [0.05, 0.1) is 5.69 Å². The Bertz CT molecular complexity index is 1030. The van der Waals surface area contributed by atoms with Crippen LogP contribution in [0.1, 0.15) is 23.6 Å². The summed E-state index contributed by atoms with van der Waals surface area (Å²) >= 11 is 0. The fourth-order valence-corrected chi connectivity index (χ4v) is 3.23. The van der Waals surface area contributed by atoms with Crippen molar-refractivity contribution in [1.82, 2.24) is 9.55 Å². The summed E-state index contributed by atoms with van der Waals surface area (Å²) in [5.74, 6) is 3.05. The van der Waals surface area contributed by atoms with Gasteiger partial charge in [-0.15, -0.1) is 6.42 Å². The standard InChI is InChI=1S/C21H16FN3O2/c1-2-10-27-17-5-3-4-14(11-17)18-12-19(26)24-21-20(18)23-13-25(21)16-8-6-15(22)7-9-16/h1,3-9,11,13,18H,10,12H2,(H,24,26)/t18-/m1/s1. The number of nitrogens with one attached hydrogen (secondary N) is 1. The van der Waals surface area contributed by atoms with E-state index in [2.05, 4.69) is 16.2 Å². The first kappa shape index (κ1) is 16.9. The highest BCUT2D eigenvalue weighted by atomic mass is 19.1. The summed E-state index contributed by atoms with van der Waals surface area (Å²) in [7, 11) is 0. The van der Waals surface area contributed by atoms with Gasteiger partial charge in [0, 0.05) is 18.0 Å². The fourth-order valence-electron chi connectivity index (χ4n) is 3.23. The molecule has 5 nitrogen and oxygen atoms in total. The van der Waals surface area contributed by atoms with Gasteiger partial charge in [0.2, 0.25) is 5.91 Å². The van der Waals surface area contributed by atoms with Crippen molar-refractivity contribution in [2.75, 3.05) is 11.9 Å². The number of hydrogen-bond acceptors (Lipinski definition) is 3. The Morgan fingerprint density at radius 1 is 1.30 bits per heavy atom. The molecule has 1 N–H and O–H groups in total. The molecule has 0 unspecified atom stereocenters. The van der Waals surface area contributed by atoms with Gasteiger partial charge in [-0.1, -0.05) is 18.1 Å². The molecule has 1 atom stereocenters. The maximum absolute atomic E-state index is 13.2. The minimum absolute atomic E-state index is 0.105. The highest BCUT2D eigenvalue weighted by Gasteiger charge is 2.31. The van der Waals surface area contributed by atoms with Crippen molar-refractivity contribution in [2.24, 2.45) is 0 Å². The monoisotopic (exact) mass is 361 g/mol. The van der Waals surface area contributed by atoms with E-state index < -0.39 is 0 Å². The summed E-state index contributed by atoms with van der Waals surface area (Å²) in [5.41, 5.74) is 2.40. The Balaban J connectivity index is 1.73. The lowest BCUT2D eigenvalue weighted by molar-refractivity contribution is -0.116. The lowest BCUT2D eigenvalue weighted by atomic mass is 9.89. The zero-order chi connectivity index (χ0) is 18.8. The van der Waals surface area contributed by atoms with Crippen molar-refractivity contribution in [1.29, 1.82) is 0 Å². The van der Waals surface area contributed by atoms with Gasteiger partial charge in [0.1, 0.15) is 30.3 Å². The maximum Gasteiger partial charge on any atom is 0.226 e. The van der Waals surface area contributed by atoms with Crippen molar-refractivity contribution < 1.29 is 13.9 Å². The summed E-state index contributed by atoms with van der Waals surface area (Å²) in [5, 5.41) is 2.88. The molecule has 1 amide bonds. The van der Waals surface area contributed by atoms with Gasteiger partial charge in [-0.2, -0.15) is 0 Å². The highest BCUT2D eigenvalue weighted by molar-refractivity contribution is 5.94. The summed E-state index contributed by atoms with van der Waals surface area (Å²) < 4.78 is 20.5. The molecule has 0 spiro atoms. The minimum Gasteiger partial charge on any atom is -0.481 e. The Labute approximate surface area is 155 Å².